The molecular weight excluding hydrogens is 356 g/mol. The molecule has 4 rings (SSSR count). The van der Waals surface area contributed by atoms with Gasteiger partial charge < -0.3 is 5.32 Å². The van der Waals surface area contributed by atoms with Crippen LogP contribution in [0.3, 0.4) is 0 Å². The average Bonchev–Trinajstić information content (AvgIpc) is 2.99. The van der Waals surface area contributed by atoms with E-state index in [1.165, 1.54) is 5.56 Å². The predicted molar refractivity (Wildman–Crippen MR) is 111 cm³/mol. The van der Waals surface area contributed by atoms with Crippen LogP contribution in [0.5, 0.6) is 0 Å². The summed E-state index contributed by atoms with van der Waals surface area (Å²) < 4.78 is 1.89. The van der Waals surface area contributed by atoms with Gasteiger partial charge >= 0.3 is 0 Å². The van der Waals surface area contributed by atoms with E-state index in [1.807, 2.05) is 54.8 Å². The Morgan fingerprint density at radius 3 is 2.41 bits per heavy atom. The van der Waals surface area contributed by atoms with Crippen LogP contribution in [0.25, 0.3) is 16.8 Å². The summed E-state index contributed by atoms with van der Waals surface area (Å²) >= 11 is 6.05. The van der Waals surface area contributed by atoms with Crippen LogP contribution in [-0.4, -0.2) is 14.6 Å². The van der Waals surface area contributed by atoms with Crippen molar-refractivity contribution < 1.29 is 0 Å². The maximum atomic E-state index is 6.05. The summed E-state index contributed by atoms with van der Waals surface area (Å²) in [7, 11) is 0. The fourth-order valence-electron chi connectivity index (χ4n) is 3.35. The number of nitrogens with one attached hydrogen (secondary N) is 1. The number of anilines is 1. The lowest BCUT2D eigenvalue weighted by atomic mass is 10.1. The zero-order valence-electron chi connectivity index (χ0n) is 15.6. The first-order valence-corrected chi connectivity index (χ1v) is 9.35. The molecule has 136 valence electrons. The van der Waals surface area contributed by atoms with E-state index >= 15 is 0 Å². The van der Waals surface area contributed by atoms with Crippen LogP contribution in [0.15, 0.2) is 60.7 Å². The SMILES string of the molecule is Cc1cc(NC(C)c2ccccc2)n2nc(C)c(-c3ccc(Cl)cc3)c2n1. The number of hydrogen-bond acceptors (Lipinski definition) is 3. The van der Waals surface area contributed by atoms with Crippen molar-refractivity contribution in [3.8, 4) is 11.1 Å². The van der Waals surface area contributed by atoms with Crippen LogP contribution in [-0.2, 0) is 0 Å². The molecule has 0 aliphatic carbocycles. The zero-order chi connectivity index (χ0) is 19.0. The summed E-state index contributed by atoms with van der Waals surface area (Å²) in [4.78, 5) is 4.76. The van der Waals surface area contributed by atoms with E-state index in [4.69, 9.17) is 21.7 Å². The summed E-state index contributed by atoms with van der Waals surface area (Å²) in [6.07, 6.45) is 0. The van der Waals surface area contributed by atoms with Crippen molar-refractivity contribution in [3.05, 3.63) is 82.6 Å². The normalized spacial score (nSPS) is 12.3. The highest BCUT2D eigenvalue weighted by Gasteiger charge is 2.17. The second kappa shape index (κ2) is 7.05. The van der Waals surface area contributed by atoms with Crippen molar-refractivity contribution in [2.45, 2.75) is 26.8 Å². The highest BCUT2D eigenvalue weighted by atomic mass is 35.5. The standard InChI is InChI=1S/C22H21ClN4/c1-14-13-20(25-15(2)17-7-5-4-6-8-17)27-22(24-14)21(16(3)26-27)18-9-11-19(23)12-10-18/h4-13,15,25H,1-3H3. The van der Waals surface area contributed by atoms with Crippen LogP contribution in [0, 0.1) is 13.8 Å². The van der Waals surface area contributed by atoms with E-state index < -0.39 is 0 Å². The second-order valence-electron chi connectivity index (χ2n) is 6.76. The zero-order valence-corrected chi connectivity index (χ0v) is 16.3. The molecule has 0 spiro atoms. The van der Waals surface area contributed by atoms with Gasteiger partial charge in [0.15, 0.2) is 5.65 Å². The van der Waals surface area contributed by atoms with Gasteiger partial charge in [-0.3, -0.25) is 0 Å². The van der Waals surface area contributed by atoms with Gasteiger partial charge in [0.1, 0.15) is 5.82 Å². The van der Waals surface area contributed by atoms with E-state index in [-0.39, 0.29) is 6.04 Å². The summed E-state index contributed by atoms with van der Waals surface area (Å²) in [6, 6.07) is 20.4. The fourth-order valence-corrected chi connectivity index (χ4v) is 3.47. The minimum Gasteiger partial charge on any atom is -0.363 e. The van der Waals surface area contributed by atoms with E-state index in [2.05, 4.69) is 36.5 Å². The molecule has 0 aliphatic rings. The number of aromatic nitrogens is 3. The lowest BCUT2D eigenvalue weighted by molar-refractivity contribution is 0.833. The van der Waals surface area contributed by atoms with Crippen LogP contribution in [0.4, 0.5) is 5.82 Å². The largest absolute Gasteiger partial charge is 0.363 e. The third kappa shape index (κ3) is 3.40. The molecule has 27 heavy (non-hydrogen) atoms. The molecule has 5 heteroatoms. The number of aryl methyl sites for hydroxylation is 2. The summed E-state index contributed by atoms with van der Waals surface area (Å²) in [5.74, 6) is 0.928. The number of hydrogen-bond donors (Lipinski definition) is 1. The summed E-state index contributed by atoms with van der Waals surface area (Å²) in [5, 5.41) is 9.06. The summed E-state index contributed by atoms with van der Waals surface area (Å²) in [5.41, 5.74) is 6.04. The third-order valence-electron chi connectivity index (χ3n) is 4.69. The topological polar surface area (TPSA) is 42.2 Å². The molecule has 0 amide bonds. The number of benzene rings is 2. The Morgan fingerprint density at radius 1 is 1.00 bits per heavy atom. The van der Waals surface area contributed by atoms with Gasteiger partial charge in [-0.1, -0.05) is 54.1 Å². The first-order valence-electron chi connectivity index (χ1n) is 8.97. The number of rotatable bonds is 4. The van der Waals surface area contributed by atoms with Crippen LogP contribution >= 0.6 is 11.6 Å². The van der Waals surface area contributed by atoms with Crippen LogP contribution in [0.2, 0.25) is 5.02 Å². The molecular formula is C22H21ClN4. The quantitative estimate of drug-likeness (QED) is 0.486. The first-order chi connectivity index (χ1) is 13.0. The highest BCUT2D eigenvalue weighted by Crippen LogP contribution is 2.31. The fraction of sp³-hybridized carbons (Fsp3) is 0.182. The molecule has 2 aromatic heterocycles. The van der Waals surface area contributed by atoms with E-state index in [1.54, 1.807) is 0 Å². The van der Waals surface area contributed by atoms with Crippen molar-refractivity contribution in [2.24, 2.45) is 0 Å². The van der Waals surface area contributed by atoms with Gasteiger partial charge in [0, 0.05) is 28.4 Å². The maximum absolute atomic E-state index is 6.05. The van der Waals surface area contributed by atoms with E-state index in [0.717, 1.165) is 39.0 Å². The van der Waals surface area contributed by atoms with Gasteiger partial charge in [0.25, 0.3) is 0 Å². The molecule has 0 aliphatic heterocycles. The van der Waals surface area contributed by atoms with Gasteiger partial charge in [-0.15, -0.1) is 0 Å². The molecule has 2 aromatic carbocycles. The average molecular weight is 377 g/mol. The lowest BCUT2D eigenvalue weighted by Crippen LogP contribution is -2.11. The molecule has 2 heterocycles. The van der Waals surface area contributed by atoms with Gasteiger partial charge in [-0.25, -0.2) is 4.98 Å². The Balaban J connectivity index is 1.81. The Bertz CT molecular complexity index is 1080. The van der Waals surface area contributed by atoms with Crippen LogP contribution < -0.4 is 5.32 Å². The Hall–Kier alpha value is -2.85. The molecule has 0 saturated carbocycles. The third-order valence-corrected chi connectivity index (χ3v) is 4.94. The van der Waals surface area contributed by atoms with Crippen molar-refractivity contribution in [2.75, 3.05) is 5.32 Å². The Kier molecular flexibility index (Phi) is 4.58. The van der Waals surface area contributed by atoms with E-state index in [0.29, 0.717) is 0 Å². The molecule has 4 nitrogen and oxygen atoms in total. The molecule has 1 N–H and O–H groups in total. The van der Waals surface area contributed by atoms with Gasteiger partial charge in [0.05, 0.1) is 5.69 Å². The minimum absolute atomic E-state index is 0.152. The number of nitrogens with zero attached hydrogens (tertiary/aromatic N) is 3. The number of fused-ring (bicyclic) bond motifs is 1. The van der Waals surface area contributed by atoms with Gasteiger partial charge in [0.2, 0.25) is 0 Å². The van der Waals surface area contributed by atoms with Crippen molar-refractivity contribution >= 4 is 23.1 Å². The molecule has 0 fully saturated rings. The second-order valence-corrected chi connectivity index (χ2v) is 7.20. The monoisotopic (exact) mass is 376 g/mol. The smallest absolute Gasteiger partial charge is 0.165 e. The highest BCUT2D eigenvalue weighted by molar-refractivity contribution is 6.30. The van der Waals surface area contributed by atoms with Crippen LogP contribution in [0.1, 0.15) is 29.9 Å². The Labute approximate surface area is 163 Å². The number of halogens is 1. The van der Waals surface area contributed by atoms with Crippen molar-refractivity contribution in [1.82, 2.24) is 14.6 Å². The molecule has 1 unspecified atom stereocenters. The van der Waals surface area contributed by atoms with Crippen molar-refractivity contribution in [1.29, 1.82) is 0 Å². The molecule has 0 saturated heterocycles. The maximum Gasteiger partial charge on any atom is 0.165 e. The Morgan fingerprint density at radius 2 is 1.70 bits per heavy atom. The van der Waals surface area contributed by atoms with Gasteiger partial charge in [-0.05, 0) is 44.0 Å². The predicted octanol–water partition coefficient (Wildman–Crippen LogP) is 5.84. The molecule has 1 atom stereocenters. The molecule has 0 radical (unpaired) electrons. The summed E-state index contributed by atoms with van der Waals surface area (Å²) in [6.45, 7) is 6.16. The van der Waals surface area contributed by atoms with Gasteiger partial charge in [-0.2, -0.15) is 9.61 Å². The van der Waals surface area contributed by atoms with Crippen molar-refractivity contribution in [3.63, 3.8) is 0 Å². The molecule has 4 aromatic rings. The lowest BCUT2D eigenvalue weighted by Gasteiger charge is -2.17. The molecule has 0 bridgehead atoms. The first kappa shape index (κ1) is 17.6. The van der Waals surface area contributed by atoms with E-state index in [9.17, 15) is 0 Å². The minimum atomic E-state index is 0.152.